The molecule has 3 amide bonds. The highest BCUT2D eigenvalue weighted by molar-refractivity contribution is 5.95. The molecule has 3 N–H and O–H groups in total. The van der Waals surface area contributed by atoms with E-state index >= 15 is 0 Å². The van der Waals surface area contributed by atoms with E-state index in [0.29, 0.717) is 5.92 Å². The first-order chi connectivity index (χ1) is 8.25. The van der Waals surface area contributed by atoms with Crippen molar-refractivity contribution in [3.8, 4) is 0 Å². The van der Waals surface area contributed by atoms with Gasteiger partial charge in [0.1, 0.15) is 0 Å². The second-order valence-corrected chi connectivity index (χ2v) is 4.68. The molecule has 0 aromatic carbocycles. The Labute approximate surface area is 101 Å². The summed E-state index contributed by atoms with van der Waals surface area (Å²) in [6.45, 7) is 1.70. The molecule has 2 rings (SSSR count). The van der Waals surface area contributed by atoms with Gasteiger partial charge in [0.05, 0.1) is 0 Å². The molecule has 0 aromatic heterocycles. The lowest BCUT2D eigenvalue weighted by Gasteiger charge is -2.21. The molecule has 1 aliphatic carbocycles. The number of allylic oxidation sites excluding steroid dienone is 1. The summed E-state index contributed by atoms with van der Waals surface area (Å²) < 4.78 is 0. The van der Waals surface area contributed by atoms with Crippen molar-refractivity contribution in [2.75, 3.05) is 13.1 Å². The minimum atomic E-state index is -0.426. The van der Waals surface area contributed by atoms with Crippen molar-refractivity contribution in [1.82, 2.24) is 16.0 Å². The molecule has 0 aromatic rings. The average Bonchev–Trinajstić information content (AvgIpc) is 3.14. The van der Waals surface area contributed by atoms with E-state index in [1.54, 1.807) is 6.20 Å². The number of hydrogen-bond donors (Lipinski definition) is 3. The third kappa shape index (κ3) is 4.19. The molecule has 0 radical (unpaired) electrons. The Morgan fingerprint density at radius 2 is 1.82 bits per heavy atom. The van der Waals surface area contributed by atoms with E-state index in [2.05, 4.69) is 16.0 Å². The molecular formula is C12H19N3O2. The molecular weight excluding hydrogens is 218 g/mol. The Balaban J connectivity index is 1.67. The lowest BCUT2D eigenvalue weighted by atomic mass is 9.97. The summed E-state index contributed by atoms with van der Waals surface area (Å²) in [7, 11) is 0. The van der Waals surface area contributed by atoms with Crippen molar-refractivity contribution in [1.29, 1.82) is 0 Å². The first-order valence-corrected chi connectivity index (χ1v) is 6.24. The molecule has 1 saturated carbocycles. The fourth-order valence-corrected chi connectivity index (χ4v) is 1.88. The Bertz CT molecular complexity index is 318. The number of imide groups is 1. The predicted molar refractivity (Wildman–Crippen MR) is 64.1 cm³/mol. The molecule has 5 heteroatoms. The van der Waals surface area contributed by atoms with E-state index in [1.165, 1.54) is 12.8 Å². The van der Waals surface area contributed by atoms with Gasteiger partial charge in [0.2, 0.25) is 5.91 Å². The van der Waals surface area contributed by atoms with Gasteiger partial charge in [0.15, 0.2) is 0 Å². The number of amides is 3. The van der Waals surface area contributed by atoms with Crippen LogP contribution in [0.1, 0.15) is 25.7 Å². The second kappa shape index (κ2) is 5.82. The summed E-state index contributed by atoms with van der Waals surface area (Å²) in [4.78, 5) is 23.1. The Kier molecular flexibility index (Phi) is 4.14. The summed E-state index contributed by atoms with van der Waals surface area (Å²) in [6.07, 6.45) is 7.60. The molecule has 17 heavy (non-hydrogen) atoms. The van der Waals surface area contributed by atoms with Crippen molar-refractivity contribution >= 4 is 11.9 Å². The summed E-state index contributed by atoms with van der Waals surface area (Å²) in [5.41, 5.74) is 0. The fraction of sp³-hybridized carbons (Fsp3) is 0.667. The van der Waals surface area contributed by atoms with Crippen LogP contribution in [0.2, 0.25) is 0 Å². The van der Waals surface area contributed by atoms with Crippen LogP contribution in [0.4, 0.5) is 4.79 Å². The van der Waals surface area contributed by atoms with Gasteiger partial charge in [-0.1, -0.05) is 6.08 Å². The zero-order valence-electron chi connectivity index (χ0n) is 9.87. The van der Waals surface area contributed by atoms with E-state index in [0.717, 1.165) is 25.9 Å². The minimum Gasteiger partial charge on any atom is -0.317 e. The number of piperidine rings is 1. The molecule has 0 spiro atoms. The smallest absolute Gasteiger partial charge is 0.317 e. The summed E-state index contributed by atoms with van der Waals surface area (Å²) in [5.74, 6) is 0.425. The number of urea groups is 1. The molecule has 0 unspecified atom stereocenters. The molecule has 94 valence electrons. The normalized spacial score (nSPS) is 21.4. The zero-order valence-corrected chi connectivity index (χ0v) is 9.87. The summed E-state index contributed by atoms with van der Waals surface area (Å²) >= 11 is 0. The van der Waals surface area contributed by atoms with E-state index in [-0.39, 0.29) is 11.8 Å². The highest BCUT2D eigenvalue weighted by Crippen LogP contribution is 2.29. The van der Waals surface area contributed by atoms with Crippen molar-refractivity contribution < 1.29 is 9.59 Å². The first-order valence-electron chi connectivity index (χ1n) is 6.24. The van der Waals surface area contributed by atoms with Crippen LogP contribution in [0, 0.1) is 11.8 Å². The van der Waals surface area contributed by atoms with Crippen molar-refractivity contribution in [2.24, 2.45) is 11.8 Å². The topological polar surface area (TPSA) is 70.2 Å². The van der Waals surface area contributed by atoms with Gasteiger partial charge in [-0.2, -0.15) is 0 Å². The lowest BCUT2D eigenvalue weighted by molar-refractivity contribution is -0.124. The van der Waals surface area contributed by atoms with Crippen LogP contribution in [0.15, 0.2) is 12.3 Å². The van der Waals surface area contributed by atoms with Gasteiger partial charge in [0, 0.05) is 12.1 Å². The number of carbonyl (C=O) groups excluding carboxylic acids is 2. The second-order valence-electron chi connectivity index (χ2n) is 4.68. The van der Waals surface area contributed by atoms with Gasteiger partial charge in [-0.15, -0.1) is 0 Å². The largest absolute Gasteiger partial charge is 0.325 e. The third-order valence-corrected chi connectivity index (χ3v) is 3.15. The van der Waals surface area contributed by atoms with Crippen molar-refractivity contribution in [3.63, 3.8) is 0 Å². The van der Waals surface area contributed by atoms with Gasteiger partial charge in [-0.25, -0.2) is 4.79 Å². The predicted octanol–water partition coefficient (Wildman–Crippen LogP) is 0.736. The zero-order chi connectivity index (χ0) is 12.1. The lowest BCUT2D eigenvalue weighted by Crippen LogP contribution is -2.43. The molecule has 1 saturated heterocycles. The Morgan fingerprint density at radius 1 is 1.12 bits per heavy atom. The van der Waals surface area contributed by atoms with E-state index in [4.69, 9.17) is 0 Å². The standard InChI is InChI=1S/C12H19N3O2/c16-11(10-4-6-13-7-5-10)15-12(17)14-8-3-9-1-2-9/h3,8-10,13H,1-2,4-7H2,(H2,14,15,16,17)/b8-3+. The first kappa shape index (κ1) is 12.1. The fourth-order valence-electron chi connectivity index (χ4n) is 1.88. The Hall–Kier alpha value is -1.36. The van der Waals surface area contributed by atoms with Gasteiger partial charge in [-0.05, 0) is 44.7 Å². The maximum atomic E-state index is 11.7. The number of hydrogen-bond acceptors (Lipinski definition) is 3. The molecule has 0 bridgehead atoms. The van der Waals surface area contributed by atoms with Gasteiger partial charge in [0.25, 0.3) is 0 Å². The molecule has 5 nitrogen and oxygen atoms in total. The molecule has 0 atom stereocenters. The molecule has 1 heterocycles. The third-order valence-electron chi connectivity index (χ3n) is 3.15. The van der Waals surface area contributed by atoms with Crippen LogP contribution in [0.25, 0.3) is 0 Å². The van der Waals surface area contributed by atoms with Gasteiger partial charge in [-0.3, -0.25) is 10.1 Å². The van der Waals surface area contributed by atoms with Crippen LogP contribution in [0.3, 0.4) is 0 Å². The van der Waals surface area contributed by atoms with Crippen molar-refractivity contribution in [3.05, 3.63) is 12.3 Å². The summed E-state index contributed by atoms with van der Waals surface area (Å²) in [6, 6.07) is -0.426. The summed E-state index contributed by atoms with van der Waals surface area (Å²) in [5, 5.41) is 8.12. The highest BCUT2D eigenvalue weighted by Gasteiger charge is 2.22. The maximum Gasteiger partial charge on any atom is 0.325 e. The molecule has 1 aliphatic heterocycles. The quantitative estimate of drug-likeness (QED) is 0.678. The van der Waals surface area contributed by atoms with E-state index in [1.807, 2.05) is 6.08 Å². The molecule has 2 aliphatic rings. The van der Waals surface area contributed by atoms with Crippen LogP contribution in [-0.2, 0) is 4.79 Å². The SMILES string of the molecule is O=C(N/C=C/C1CC1)NC(=O)C1CCNCC1. The van der Waals surface area contributed by atoms with Crippen LogP contribution in [-0.4, -0.2) is 25.0 Å². The number of carbonyl (C=O) groups is 2. The van der Waals surface area contributed by atoms with Gasteiger partial charge < -0.3 is 10.6 Å². The number of rotatable bonds is 3. The minimum absolute atomic E-state index is 0.0330. The van der Waals surface area contributed by atoms with Crippen LogP contribution >= 0.6 is 0 Å². The monoisotopic (exact) mass is 237 g/mol. The van der Waals surface area contributed by atoms with Crippen molar-refractivity contribution in [2.45, 2.75) is 25.7 Å². The van der Waals surface area contributed by atoms with E-state index < -0.39 is 6.03 Å². The van der Waals surface area contributed by atoms with Crippen LogP contribution < -0.4 is 16.0 Å². The molecule has 2 fully saturated rings. The Morgan fingerprint density at radius 3 is 2.47 bits per heavy atom. The van der Waals surface area contributed by atoms with Gasteiger partial charge >= 0.3 is 6.03 Å². The van der Waals surface area contributed by atoms with E-state index in [9.17, 15) is 9.59 Å². The highest BCUT2D eigenvalue weighted by atomic mass is 16.2. The number of nitrogens with one attached hydrogen (secondary N) is 3. The average molecular weight is 237 g/mol. The van der Waals surface area contributed by atoms with Crippen LogP contribution in [0.5, 0.6) is 0 Å². The maximum absolute atomic E-state index is 11.7.